The van der Waals surface area contributed by atoms with E-state index in [2.05, 4.69) is 15.1 Å². The van der Waals surface area contributed by atoms with Crippen molar-refractivity contribution in [2.24, 2.45) is 0 Å². The summed E-state index contributed by atoms with van der Waals surface area (Å²) in [7, 11) is 1.56. The molecule has 20 heavy (non-hydrogen) atoms. The molecule has 6 heteroatoms. The molecule has 0 aliphatic heterocycles. The first-order valence-corrected chi connectivity index (χ1v) is 6.74. The average molecular weight is 275 g/mol. The van der Waals surface area contributed by atoms with Crippen molar-refractivity contribution in [3.63, 3.8) is 0 Å². The van der Waals surface area contributed by atoms with Crippen molar-refractivity contribution < 1.29 is 14.4 Å². The van der Waals surface area contributed by atoms with Crippen molar-refractivity contribution >= 4 is 0 Å². The van der Waals surface area contributed by atoms with Gasteiger partial charge < -0.3 is 14.4 Å². The van der Waals surface area contributed by atoms with Crippen molar-refractivity contribution in [1.29, 1.82) is 0 Å². The Kier molecular flexibility index (Phi) is 3.40. The van der Waals surface area contributed by atoms with E-state index in [9.17, 15) is 5.11 Å². The van der Waals surface area contributed by atoms with Gasteiger partial charge in [0.15, 0.2) is 0 Å². The first-order valence-electron chi connectivity index (χ1n) is 6.74. The van der Waals surface area contributed by atoms with Crippen LogP contribution in [0.1, 0.15) is 31.6 Å². The van der Waals surface area contributed by atoms with Crippen LogP contribution in [0.2, 0.25) is 0 Å². The predicted molar refractivity (Wildman–Crippen MR) is 71.2 cm³/mol. The highest BCUT2D eigenvalue weighted by Crippen LogP contribution is 2.32. The minimum atomic E-state index is -0.681. The molecular weight excluding hydrogens is 258 g/mol. The van der Waals surface area contributed by atoms with Gasteiger partial charge in [-0.25, -0.2) is 4.98 Å². The van der Waals surface area contributed by atoms with Crippen LogP contribution < -0.4 is 4.74 Å². The van der Waals surface area contributed by atoms with Crippen molar-refractivity contribution in [3.8, 4) is 17.3 Å². The van der Waals surface area contributed by atoms with Crippen LogP contribution in [-0.4, -0.2) is 32.9 Å². The number of pyridine rings is 1. The van der Waals surface area contributed by atoms with Gasteiger partial charge in [0.25, 0.3) is 0 Å². The largest absolute Gasteiger partial charge is 0.481 e. The van der Waals surface area contributed by atoms with Crippen molar-refractivity contribution in [2.45, 2.75) is 37.7 Å². The second-order valence-electron chi connectivity index (χ2n) is 5.21. The second kappa shape index (κ2) is 5.20. The lowest BCUT2D eigenvalue weighted by atomic mass is 9.98. The van der Waals surface area contributed by atoms with E-state index in [1.165, 1.54) is 0 Å². The molecule has 0 unspecified atom stereocenters. The molecule has 0 aromatic carbocycles. The molecule has 1 saturated carbocycles. The molecule has 1 fully saturated rings. The standard InChI is InChI=1S/C14H17N3O3/c1-19-11-8-10(4-7-15-11)13-16-12(20-17-13)9-14(18)5-2-3-6-14/h4,7-8,18H,2-3,5-6,9H2,1H3. The highest BCUT2D eigenvalue weighted by atomic mass is 16.5. The van der Waals surface area contributed by atoms with Gasteiger partial charge in [-0.1, -0.05) is 18.0 Å². The molecule has 0 atom stereocenters. The van der Waals surface area contributed by atoms with Gasteiger partial charge >= 0.3 is 0 Å². The van der Waals surface area contributed by atoms with Crippen LogP contribution >= 0.6 is 0 Å². The monoisotopic (exact) mass is 275 g/mol. The minimum absolute atomic E-state index is 0.419. The highest BCUT2D eigenvalue weighted by Gasteiger charge is 2.33. The minimum Gasteiger partial charge on any atom is -0.481 e. The Labute approximate surface area is 116 Å². The molecule has 1 aliphatic rings. The van der Waals surface area contributed by atoms with Crippen LogP contribution in [0.4, 0.5) is 0 Å². The van der Waals surface area contributed by atoms with Gasteiger partial charge in [0.1, 0.15) is 0 Å². The summed E-state index contributed by atoms with van der Waals surface area (Å²) in [6.07, 6.45) is 5.76. The zero-order valence-corrected chi connectivity index (χ0v) is 11.4. The molecule has 2 heterocycles. The zero-order chi connectivity index (χ0) is 14.0. The zero-order valence-electron chi connectivity index (χ0n) is 11.4. The fourth-order valence-electron chi connectivity index (χ4n) is 2.60. The van der Waals surface area contributed by atoms with Crippen molar-refractivity contribution in [1.82, 2.24) is 15.1 Å². The molecular formula is C14H17N3O3. The van der Waals surface area contributed by atoms with E-state index in [1.807, 2.05) is 0 Å². The fourth-order valence-corrected chi connectivity index (χ4v) is 2.60. The van der Waals surface area contributed by atoms with Crippen LogP contribution in [0, 0.1) is 0 Å². The molecule has 0 bridgehead atoms. The lowest BCUT2D eigenvalue weighted by Crippen LogP contribution is -2.27. The molecule has 6 nitrogen and oxygen atoms in total. The van der Waals surface area contributed by atoms with Crippen LogP contribution in [0.25, 0.3) is 11.4 Å². The molecule has 2 aromatic heterocycles. The summed E-state index contributed by atoms with van der Waals surface area (Å²) in [5.74, 6) is 1.46. The summed E-state index contributed by atoms with van der Waals surface area (Å²) >= 11 is 0. The van der Waals surface area contributed by atoms with E-state index >= 15 is 0 Å². The number of hydrogen-bond donors (Lipinski definition) is 1. The maximum atomic E-state index is 10.3. The van der Waals surface area contributed by atoms with Gasteiger partial charge in [-0.05, 0) is 18.9 Å². The van der Waals surface area contributed by atoms with E-state index in [0.29, 0.717) is 24.0 Å². The third-order valence-electron chi connectivity index (χ3n) is 3.68. The predicted octanol–water partition coefficient (Wildman–Crippen LogP) is 1.99. The van der Waals surface area contributed by atoms with Gasteiger partial charge in [-0.2, -0.15) is 4.98 Å². The maximum absolute atomic E-state index is 10.3. The van der Waals surface area contributed by atoms with Crippen LogP contribution in [-0.2, 0) is 6.42 Å². The molecule has 106 valence electrons. The van der Waals surface area contributed by atoms with Gasteiger partial charge in [0, 0.05) is 17.8 Å². The third kappa shape index (κ3) is 2.65. The van der Waals surface area contributed by atoms with E-state index in [4.69, 9.17) is 9.26 Å². The van der Waals surface area contributed by atoms with Gasteiger partial charge in [0.2, 0.25) is 17.6 Å². The summed E-state index contributed by atoms with van der Waals surface area (Å²) in [5.41, 5.74) is 0.102. The van der Waals surface area contributed by atoms with E-state index in [-0.39, 0.29) is 0 Å². The summed E-state index contributed by atoms with van der Waals surface area (Å²) < 4.78 is 10.3. The van der Waals surface area contributed by atoms with Crippen molar-refractivity contribution in [2.75, 3.05) is 7.11 Å². The Morgan fingerprint density at radius 2 is 2.20 bits per heavy atom. The van der Waals surface area contributed by atoms with Crippen molar-refractivity contribution in [3.05, 3.63) is 24.2 Å². The first kappa shape index (κ1) is 13.1. The molecule has 0 saturated heterocycles. The summed E-state index contributed by atoms with van der Waals surface area (Å²) in [4.78, 5) is 8.38. The lowest BCUT2D eigenvalue weighted by Gasteiger charge is -2.18. The van der Waals surface area contributed by atoms with Gasteiger partial charge in [-0.15, -0.1) is 0 Å². The van der Waals surface area contributed by atoms with E-state index < -0.39 is 5.60 Å². The van der Waals surface area contributed by atoms with Crippen LogP contribution in [0.5, 0.6) is 5.88 Å². The molecule has 3 rings (SSSR count). The third-order valence-corrected chi connectivity index (χ3v) is 3.68. The topological polar surface area (TPSA) is 81.3 Å². The van der Waals surface area contributed by atoms with E-state index in [1.54, 1.807) is 25.4 Å². The Hall–Kier alpha value is -1.95. The molecule has 0 amide bonds. The number of hydrogen-bond acceptors (Lipinski definition) is 6. The summed E-state index contributed by atoms with van der Waals surface area (Å²) in [5, 5.41) is 14.3. The highest BCUT2D eigenvalue weighted by molar-refractivity contribution is 5.55. The molecule has 0 radical (unpaired) electrons. The average Bonchev–Trinajstić information content (AvgIpc) is 3.09. The van der Waals surface area contributed by atoms with E-state index in [0.717, 1.165) is 31.2 Å². The Balaban J connectivity index is 1.79. The first-order chi connectivity index (χ1) is 9.68. The number of nitrogens with zero attached hydrogens (tertiary/aromatic N) is 3. The quantitative estimate of drug-likeness (QED) is 0.919. The number of rotatable bonds is 4. The molecule has 0 spiro atoms. The van der Waals surface area contributed by atoms with Crippen LogP contribution in [0.15, 0.2) is 22.9 Å². The van der Waals surface area contributed by atoms with Gasteiger partial charge in [0.05, 0.1) is 19.1 Å². The maximum Gasteiger partial charge on any atom is 0.229 e. The van der Waals surface area contributed by atoms with Gasteiger partial charge in [-0.3, -0.25) is 0 Å². The fraction of sp³-hybridized carbons (Fsp3) is 0.500. The molecule has 1 aliphatic carbocycles. The normalized spacial score (nSPS) is 17.3. The Morgan fingerprint density at radius 3 is 2.95 bits per heavy atom. The Morgan fingerprint density at radius 1 is 1.40 bits per heavy atom. The number of methoxy groups -OCH3 is 1. The molecule has 1 N–H and O–H groups in total. The Bertz CT molecular complexity index is 591. The smallest absolute Gasteiger partial charge is 0.229 e. The SMILES string of the molecule is COc1cc(-c2noc(CC3(O)CCCC3)n2)ccn1. The number of aromatic nitrogens is 3. The summed E-state index contributed by atoms with van der Waals surface area (Å²) in [6.45, 7) is 0. The lowest BCUT2D eigenvalue weighted by molar-refractivity contribution is 0.0402. The molecule has 2 aromatic rings. The number of ether oxygens (including phenoxy) is 1. The summed E-state index contributed by atoms with van der Waals surface area (Å²) in [6, 6.07) is 3.54. The van der Waals surface area contributed by atoms with Crippen LogP contribution in [0.3, 0.4) is 0 Å². The number of aliphatic hydroxyl groups is 1. The second-order valence-corrected chi connectivity index (χ2v) is 5.21.